The number of aromatic nitrogens is 1. The van der Waals surface area contributed by atoms with E-state index in [1.807, 2.05) is 9.80 Å². The Kier molecular flexibility index (Phi) is 4.24. The molecular weight excluding hydrogens is 350 g/mol. The van der Waals surface area contributed by atoms with Crippen LogP contribution in [0.15, 0.2) is 42.6 Å². The zero-order chi connectivity index (χ0) is 19.0. The van der Waals surface area contributed by atoms with Crippen LogP contribution in [0.3, 0.4) is 0 Å². The molecule has 7 heteroatoms. The quantitative estimate of drug-likeness (QED) is 0.753. The molecule has 1 aliphatic rings. The maximum Gasteiger partial charge on any atom is 0.146 e. The van der Waals surface area contributed by atoms with Crippen LogP contribution in [0.1, 0.15) is 5.56 Å². The van der Waals surface area contributed by atoms with Gasteiger partial charge in [-0.25, -0.2) is 8.78 Å². The summed E-state index contributed by atoms with van der Waals surface area (Å²) < 4.78 is 27.9. The number of hydrogen-bond donors (Lipinski definition) is 1. The molecule has 0 atom stereocenters. The number of piperazine rings is 1. The summed E-state index contributed by atoms with van der Waals surface area (Å²) in [6.07, 6.45) is 1.39. The van der Waals surface area contributed by atoms with Crippen molar-refractivity contribution in [2.75, 3.05) is 36.0 Å². The predicted octanol–water partition coefficient (Wildman–Crippen LogP) is 3.42. The molecule has 1 aliphatic heterocycles. The van der Waals surface area contributed by atoms with Crippen molar-refractivity contribution in [1.29, 1.82) is 5.26 Å². The van der Waals surface area contributed by atoms with E-state index < -0.39 is 5.82 Å². The molecule has 2 heterocycles. The first-order valence-electron chi connectivity index (χ1n) is 8.54. The molecule has 27 heavy (non-hydrogen) atoms. The standard InChI is InChI=1S/C20H16F2N4O/c21-14-9-15-19(18(27)10-14)24-12-13(11-23)20(15)26-7-5-25(6-8-26)17-4-2-1-3-16(17)22/h1-4,9-10,12,27H,5-8H2. The summed E-state index contributed by atoms with van der Waals surface area (Å²) in [6, 6.07) is 11.0. The molecule has 0 amide bonds. The summed E-state index contributed by atoms with van der Waals surface area (Å²) in [6.45, 7) is 2.16. The van der Waals surface area contributed by atoms with E-state index in [2.05, 4.69) is 11.1 Å². The minimum absolute atomic E-state index is 0.252. The third-order valence-corrected chi connectivity index (χ3v) is 4.80. The topological polar surface area (TPSA) is 63.4 Å². The smallest absolute Gasteiger partial charge is 0.146 e. The Morgan fingerprint density at radius 3 is 2.44 bits per heavy atom. The normalized spacial score (nSPS) is 14.4. The number of rotatable bonds is 2. The highest BCUT2D eigenvalue weighted by Gasteiger charge is 2.24. The van der Waals surface area contributed by atoms with Crippen LogP contribution in [-0.2, 0) is 0 Å². The second kappa shape index (κ2) is 6.72. The van der Waals surface area contributed by atoms with E-state index in [4.69, 9.17) is 0 Å². The molecule has 0 spiro atoms. The first-order valence-corrected chi connectivity index (χ1v) is 8.54. The van der Waals surface area contributed by atoms with Gasteiger partial charge in [0.25, 0.3) is 0 Å². The number of nitrogens with zero attached hydrogens (tertiary/aromatic N) is 4. The summed E-state index contributed by atoms with van der Waals surface area (Å²) >= 11 is 0. The lowest BCUT2D eigenvalue weighted by Gasteiger charge is -2.38. The number of fused-ring (bicyclic) bond motifs is 1. The largest absolute Gasteiger partial charge is 0.506 e. The minimum atomic E-state index is -0.594. The predicted molar refractivity (Wildman–Crippen MR) is 98.9 cm³/mol. The molecule has 5 nitrogen and oxygen atoms in total. The summed E-state index contributed by atoms with van der Waals surface area (Å²) in [7, 11) is 0. The SMILES string of the molecule is N#Cc1cnc2c(O)cc(F)cc2c1N1CCN(c2ccccc2F)CC1. The number of halogens is 2. The van der Waals surface area contributed by atoms with E-state index in [1.54, 1.807) is 18.2 Å². The highest BCUT2D eigenvalue weighted by atomic mass is 19.1. The van der Waals surface area contributed by atoms with Crippen LogP contribution in [0.2, 0.25) is 0 Å². The molecule has 1 aromatic heterocycles. The van der Waals surface area contributed by atoms with E-state index in [1.165, 1.54) is 18.3 Å². The van der Waals surface area contributed by atoms with E-state index in [0.717, 1.165) is 6.07 Å². The van der Waals surface area contributed by atoms with Crippen molar-refractivity contribution in [2.45, 2.75) is 0 Å². The van der Waals surface area contributed by atoms with Crippen molar-refractivity contribution in [2.24, 2.45) is 0 Å². The van der Waals surface area contributed by atoms with Crippen LogP contribution in [0.4, 0.5) is 20.2 Å². The number of phenolic OH excluding ortho intramolecular Hbond substituents is 1. The zero-order valence-corrected chi connectivity index (χ0v) is 14.4. The maximum absolute atomic E-state index is 14.0. The molecule has 0 radical (unpaired) electrons. The van der Waals surface area contributed by atoms with Crippen molar-refractivity contribution in [3.63, 3.8) is 0 Å². The van der Waals surface area contributed by atoms with Crippen LogP contribution in [0, 0.1) is 23.0 Å². The fraction of sp³-hybridized carbons (Fsp3) is 0.200. The average molecular weight is 366 g/mol. The van der Waals surface area contributed by atoms with Gasteiger partial charge in [0.2, 0.25) is 0 Å². The van der Waals surface area contributed by atoms with E-state index in [0.29, 0.717) is 48.5 Å². The molecule has 3 aromatic rings. The van der Waals surface area contributed by atoms with Crippen LogP contribution in [-0.4, -0.2) is 36.3 Å². The van der Waals surface area contributed by atoms with Gasteiger partial charge in [-0.05, 0) is 18.2 Å². The fourth-order valence-corrected chi connectivity index (χ4v) is 3.54. The van der Waals surface area contributed by atoms with E-state index in [-0.39, 0.29) is 17.1 Å². The fourth-order valence-electron chi connectivity index (χ4n) is 3.54. The summed E-state index contributed by atoms with van der Waals surface area (Å²) in [5, 5.41) is 19.9. The van der Waals surface area contributed by atoms with Crippen molar-refractivity contribution in [3.05, 3.63) is 59.8 Å². The highest BCUT2D eigenvalue weighted by Crippen LogP contribution is 2.35. The molecule has 1 fully saturated rings. The van der Waals surface area contributed by atoms with Gasteiger partial charge < -0.3 is 14.9 Å². The molecule has 0 saturated carbocycles. The molecule has 1 saturated heterocycles. The lowest BCUT2D eigenvalue weighted by atomic mass is 10.1. The molecule has 0 unspecified atom stereocenters. The van der Waals surface area contributed by atoms with Gasteiger partial charge in [-0.15, -0.1) is 0 Å². The molecule has 2 aromatic carbocycles. The summed E-state index contributed by atoms with van der Waals surface area (Å²) in [4.78, 5) is 8.00. The minimum Gasteiger partial charge on any atom is -0.506 e. The first kappa shape index (κ1) is 17.0. The Balaban J connectivity index is 1.70. The Bertz CT molecular complexity index is 1060. The van der Waals surface area contributed by atoms with Gasteiger partial charge in [0.05, 0.1) is 16.9 Å². The second-order valence-electron chi connectivity index (χ2n) is 6.38. The Labute approximate surface area is 154 Å². The second-order valence-corrected chi connectivity index (χ2v) is 6.38. The van der Waals surface area contributed by atoms with E-state index in [9.17, 15) is 19.1 Å². The van der Waals surface area contributed by atoms with Crippen molar-refractivity contribution in [1.82, 2.24) is 4.98 Å². The van der Waals surface area contributed by atoms with Crippen LogP contribution in [0.5, 0.6) is 5.75 Å². The van der Waals surface area contributed by atoms with Gasteiger partial charge in [-0.3, -0.25) is 4.98 Å². The van der Waals surface area contributed by atoms with Gasteiger partial charge in [0.1, 0.15) is 29.0 Å². The van der Waals surface area contributed by atoms with Crippen molar-refractivity contribution in [3.8, 4) is 11.8 Å². The zero-order valence-electron chi connectivity index (χ0n) is 14.4. The molecule has 0 bridgehead atoms. The lowest BCUT2D eigenvalue weighted by molar-refractivity contribution is 0.474. The van der Waals surface area contributed by atoms with Gasteiger partial charge >= 0.3 is 0 Å². The number of aromatic hydroxyl groups is 1. The number of para-hydroxylation sites is 1. The number of phenols is 1. The number of benzene rings is 2. The first-order chi connectivity index (χ1) is 13.1. The van der Waals surface area contributed by atoms with Gasteiger partial charge in [0, 0.05) is 43.8 Å². The van der Waals surface area contributed by atoms with Gasteiger partial charge in [-0.1, -0.05) is 12.1 Å². The monoisotopic (exact) mass is 366 g/mol. The van der Waals surface area contributed by atoms with Crippen molar-refractivity contribution < 1.29 is 13.9 Å². The third-order valence-electron chi connectivity index (χ3n) is 4.80. The number of nitriles is 1. The maximum atomic E-state index is 14.0. The average Bonchev–Trinajstić information content (AvgIpc) is 2.67. The Morgan fingerprint density at radius 2 is 1.74 bits per heavy atom. The van der Waals surface area contributed by atoms with E-state index >= 15 is 0 Å². The molecular formula is C20H16F2N4O. The third kappa shape index (κ3) is 2.99. The molecule has 1 N–H and O–H groups in total. The summed E-state index contributed by atoms with van der Waals surface area (Å²) in [5.74, 6) is -1.13. The number of pyridine rings is 1. The summed E-state index contributed by atoms with van der Waals surface area (Å²) in [5.41, 5.74) is 1.65. The van der Waals surface area contributed by atoms with Crippen LogP contribution >= 0.6 is 0 Å². The van der Waals surface area contributed by atoms with Crippen molar-refractivity contribution >= 4 is 22.3 Å². The molecule has 4 rings (SSSR count). The number of hydrogen-bond acceptors (Lipinski definition) is 5. The Morgan fingerprint density at radius 1 is 1.04 bits per heavy atom. The van der Waals surface area contributed by atoms with Gasteiger partial charge in [-0.2, -0.15) is 5.26 Å². The lowest BCUT2D eigenvalue weighted by Crippen LogP contribution is -2.47. The number of anilines is 2. The molecule has 136 valence electrons. The van der Waals surface area contributed by atoms with Crippen LogP contribution < -0.4 is 9.80 Å². The highest BCUT2D eigenvalue weighted by molar-refractivity contribution is 5.97. The van der Waals surface area contributed by atoms with Gasteiger partial charge in [0.15, 0.2) is 0 Å². The Hall–Kier alpha value is -3.40. The molecule has 0 aliphatic carbocycles. The van der Waals surface area contributed by atoms with Crippen LogP contribution in [0.25, 0.3) is 10.9 Å².